The molecule has 0 bridgehead atoms. The summed E-state index contributed by atoms with van der Waals surface area (Å²) in [5, 5.41) is 2.38. The minimum Gasteiger partial charge on any atom is -0.490 e. The van der Waals surface area contributed by atoms with Crippen molar-refractivity contribution in [2.45, 2.75) is 82.8 Å². The number of aromatic nitrogens is 1. The second-order valence-corrected chi connectivity index (χ2v) is 11.1. The molecule has 2 fully saturated rings. The van der Waals surface area contributed by atoms with Gasteiger partial charge in [-0.3, -0.25) is 4.98 Å². The Balaban J connectivity index is 0.000000207. The number of hydrogen-bond acceptors (Lipinski definition) is 4. The molecule has 1 aromatic heterocycles. The second-order valence-electron chi connectivity index (χ2n) is 9.64. The predicted octanol–water partition coefficient (Wildman–Crippen LogP) is 7.10. The summed E-state index contributed by atoms with van der Waals surface area (Å²) in [5.74, 6) is 0.939. The van der Waals surface area contributed by atoms with Gasteiger partial charge >= 0.3 is 0 Å². The van der Waals surface area contributed by atoms with Crippen LogP contribution in [0.3, 0.4) is 0 Å². The molecule has 0 amide bonds. The summed E-state index contributed by atoms with van der Waals surface area (Å²) < 4.78 is 20.9. The van der Waals surface area contributed by atoms with E-state index in [1.807, 2.05) is 44.2 Å². The molecule has 6 heteroatoms. The average Bonchev–Trinajstić information content (AvgIpc) is 3.43. The Hall–Kier alpha value is -2.28. The number of rotatable bonds is 7. The molecule has 5 rings (SSSR count). The van der Waals surface area contributed by atoms with Gasteiger partial charge in [-0.1, -0.05) is 63.9 Å². The fourth-order valence-electron chi connectivity index (χ4n) is 4.88. The van der Waals surface area contributed by atoms with E-state index in [2.05, 4.69) is 52.4 Å². The molecule has 2 aliphatic rings. The van der Waals surface area contributed by atoms with E-state index in [-0.39, 0.29) is 0 Å². The fraction of sp³-hybridized carbons (Fsp3) is 0.516. The summed E-state index contributed by atoms with van der Waals surface area (Å²) in [6, 6.07) is 18.8. The quantitative estimate of drug-likeness (QED) is 0.331. The first kappa shape index (κ1) is 29.3. The molecule has 202 valence electrons. The molecule has 2 aliphatic heterocycles. The Labute approximate surface area is 226 Å². The molecule has 0 spiro atoms. The Bertz CT molecular complexity index is 1070. The lowest BCUT2D eigenvalue weighted by molar-refractivity contribution is 0.114. The van der Waals surface area contributed by atoms with Crippen molar-refractivity contribution in [1.82, 2.24) is 14.2 Å². The normalized spacial score (nSPS) is 19.4. The van der Waals surface area contributed by atoms with Crippen molar-refractivity contribution in [3.8, 4) is 5.75 Å². The standard InChI is InChI=1S/C18H23NOS.C11H16N2O.C2H6/c1-2-3-9-17-10-6-13-19(17)21(20)18-12-11-15-7-4-5-8-16(15)14-18;1-13-8-4-11(5-9-13)14-10-2-6-12-7-3-10;1-2/h4-5,7-8,11-12,14,17H,2-3,6,9-10,13H2,1H3;2-3,6-7,11H,4-5,8-9H2,1H3;1-2H3. The Morgan fingerprint density at radius 3 is 2.35 bits per heavy atom. The van der Waals surface area contributed by atoms with Gasteiger partial charge in [0.2, 0.25) is 0 Å². The van der Waals surface area contributed by atoms with Crippen LogP contribution in [0.25, 0.3) is 10.8 Å². The highest BCUT2D eigenvalue weighted by Crippen LogP contribution is 2.28. The number of hydrogen-bond donors (Lipinski definition) is 0. The Morgan fingerprint density at radius 2 is 1.65 bits per heavy atom. The van der Waals surface area contributed by atoms with E-state index >= 15 is 0 Å². The van der Waals surface area contributed by atoms with Crippen molar-refractivity contribution >= 4 is 21.8 Å². The van der Waals surface area contributed by atoms with Crippen LogP contribution in [0.1, 0.15) is 65.7 Å². The topological polar surface area (TPSA) is 45.7 Å². The van der Waals surface area contributed by atoms with Crippen molar-refractivity contribution in [2.24, 2.45) is 0 Å². The second kappa shape index (κ2) is 15.9. The fourth-order valence-corrected chi connectivity index (χ4v) is 6.34. The van der Waals surface area contributed by atoms with Gasteiger partial charge in [0.25, 0.3) is 0 Å². The third kappa shape index (κ3) is 8.91. The highest BCUT2D eigenvalue weighted by molar-refractivity contribution is 7.82. The Morgan fingerprint density at radius 1 is 0.946 bits per heavy atom. The molecule has 2 aromatic carbocycles. The molecule has 5 nitrogen and oxygen atoms in total. The number of benzene rings is 2. The minimum absolute atomic E-state index is 0.383. The number of fused-ring (bicyclic) bond motifs is 1. The van der Waals surface area contributed by atoms with Gasteiger partial charge < -0.3 is 9.64 Å². The van der Waals surface area contributed by atoms with Crippen LogP contribution in [0.2, 0.25) is 0 Å². The molecule has 0 radical (unpaired) electrons. The summed E-state index contributed by atoms with van der Waals surface area (Å²) in [5.41, 5.74) is 0. The maximum Gasteiger partial charge on any atom is 0.127 e. The number of unbranched alkanes of at least 4 members (excludes halogenated alkanes) is 1. The van der Waals surface area contributed by atoms with Crippen LogP contribution in [-0.4, -0.2) is 57.2 Å². The van der Waals surface area contributed by atoms with E-state index in [1.165, 1.54) is 42.9 Å². The van der Waals surface area contributed by atoms with Crippen molar-refractivity contribution in [3.63, 3.8) is 0 Å². The smallest absolute Gasteiger partial charge is 0.127 e. The maximum absolute atomic E-state index is 12.9. The molecule has 37 heavy (non-hydrogen) atoms. The Kier molecular flexibility index (Phi) is 12.5. The SMILES string of the molecule is CC.CCCCC1CCCN1S(=O)c1ccc2ccccc2c1.CN1CCC(Oc2ccncc2)CC1. The van der Waals surface area contributed by atoms with E-state index in [9.17, 15) is 4.21 Å². The van der Waals surface area contributed by atoms with E-state index < -0.39 is 11.0 Å². The molecule has 2 saturated heterocycles. The zero-order valence-electron chi connectivity index (χ0n) is 23.1. The molecule has 0 saturated carbocycles. The van der Waals surface area contributed by atoms with Crippen LogP contribution in [-0.2, 0) is 11.0 Å². The summed E-state index contributed by atoms with van der Waals surface area (Å²) in [6.45, 7) is 9.46. The first-order valence-corrected chi connectivity index (χ1v) is 15.2. The molecule has 0 N–H and O–H groups in total. The van der Waals surface area contributed by atoms with Gasteiger partial charge in [-0.15, -0.1) is 0 Å². The van der Waals surface area contributed by atoms with E-state index in [1.54, 1.807) is 12.4 Å². The highest BCUT2D eigenvalue weighted by atomic mass is 32.2. The zero-order valence-corrected chi connectivity index (χ0v) is 24.0. The number of pyridine rings is 1. The van der Waals surface area contributed by atoms with Gasteiger partial charge in [-0.25, -0.2) is 8.51 Å². The molecule has 3 aromatic rings. The third-order valence-electron chi connectivity index (χ3n) is 6.97. The number of piperidine rings is 1. The van der Waals surface area contributed by atoms with Gasteiger partial charge in [-0.2, -0.15) is 0 Å². The van der Waals surface area contributed by atoms with Gasteiger partial charge in [-0.05, 0) is 74.2 Å². The zero-order chi connectivity index (χ0) is 26.5. The van der Waals surface area contributed by atoms with Crippen LogP contribution in [0.4, 0.5) is 0 Å². The highest BCUT2D eigenvalue weighted by Gasteiger charge is 2.29. The number of nitrogens with zero attached hydrogens (tertiary/aromatic N) is 3. The lowest BCUT2D eigenvalue weighted by Gasteiger charge is -2.29. The van der Waals surface area contributed by atoms with Crippen LogP contribution in [0.15, 0.2) is 71.9 Å². The van der Waals surface area contributed by atoms with E-state index in [0.29, 0.717) is 12.1 Å². The lowest BCUT2D eigenvalue weighted by atomic mass is 10.1. The number of likely N-dealkylation sites (tertiary alicyclic amines) is 1. The van der Waals surface area contributed by atoms with E-state index in [0.717, 1.165) is 43.1 Å². The minimum atomic E-state index is -1.01. The lowest BCUT2D eigenvalue weighted by Crippen LogP contribution is -2.35. The van der Waals surface area contributed by atoms with Gasteiger partial charge in [0.1, 0.15) is 22.8 Å². The molecular formula is C31H45N3O2S. The largest absolute Gasteiger partial charge is 0.490 e. The van der Waals surface area contributed by atoms with Gasteiger partial charge in [0.05, 0.1) is 4.90 Å². The average molecular weight is 524 g/mol. The number of ether oxygens (including phenoxy) is 1. The van der Waals surface area contributed by atoms with Crippen molar-refractivity contribution in [3.05, 3.63) is 67.0 Å². The third-order valence-corrected chi connectivity index (χ3v) is 8.53. The molecule has 3 heterocycles. The molecule has 2 unspecified atom stereocenters. The van der Waals surface area contributed by atoms with E-state index in [4.69, 9.17) is 4.74 Å². The van der Waals surface area contributed by atoms with Crippen LogP contribution in [0, 0.1) is 0 Å². The van der Waals surface area contributed by atoms with Crippen molar-refractivity contribution < 1.29 is 8.95 Å². The predicted molar refractivity (Wildman–Crippen MR) is 156 cm³/mol. The summed E-state index contributed by atoms with van der Waals surface area (Å²) >= 11 is 0. The van der Waals surface area contributed by atoms with Crippen molar-refractivity contribution in [1.29, 1.82) is 0 Å². The molecular weight excluding hydrogens is 478 g/mol. The van der Waals surface area contributed by atoms with Crippen LogP contribution >= 0.6 is 0 Å². The molecule has 0 aliphatic carbocycles. The molecule has 2 atom stereocenters. The summed E-state index contributed by atoms with van der Waals surface area (Å²) in [7, 11) is 1.14. The first-order valence-electron chi connectivity index (χ1n) is 14.1. The van der Waals surface area contributed by atoms with Gasteiger partial charge in [0, 0.05) is 38.1 Å². The first-order chi connectivity index (χ1) is 18.1. The summed E-state index contributed by atoms with van der Waals surface area (Å²) in [4.78, 5) is 7.24. The monoisotopic (exact) mass is 523 g/mol. The maximum atomic E-state index is 12.9. The summed E-state index contributed by atoms with van der Waals surface area (Å²) in [6.07, 6.45) is 12.2. The van der Waals surface area contributed by atoms with Crippen molar-refractivity contribution in [2.75, 3.05) is 26.7 Å². The van der Waals surface area contributed by atoms with Gasteiger partial charge in [0.15, 0.2) is 0 Å². The van der Waals surface area contributed by atoms with Crippen LogP contribution in [0.5, 0.6) is 5.75 Å². The van der Waals surface area contributed by atoms with Crippen LogP contribution < -0.4 is 4.74 Å².